The standard InChI is InChI=1S/C4H5ClO2.H3N/c1-2-3(5)4(6)7;/h2-3H,1H2,(H,6,7);1H3. The van der Waals surface area contributed by atoms with Crippen LogP contribution in [0.5, 0.6) is 0 Å². The summed E-state index contributed by atoms with van der Waals surface area (Å²) in [6.07, 6.45) is 1.16. The van der Waals surface area contributed by atoms with Crippen LogP contribution in [0.15, 0.2) is 12.7 Å². The van der Waals surface area contributed by atoms with Gasteiger partial charge in [0.15, 0.2) is 0 Å². The summed E-state index contributed by atoms with van der Waals surface area (Å²) in [5, 5.41) is 7.03. The molecule has 3 nitrogen and oxygen atoms in total. The van der Waals surface area contributed by atoms with E-state index in [0.29, 0.717) is 0 Å². The number of carbonyl (C=O) groups is 1. The fourth-order valence-corrected chi connectivity index (χ4v) is 0.101. The molecule has 0 saturated heterocycles. The Hall–Kier alpha value is -0.540. The molecule has 1 atom stereocenters. The summed E-state index contributed by atoms with van der Waals surface area (Å²) in [5.41, 5.74) is 0. The van der Waals surface area contributed by atoms with Gasteiger partial charge >= 0.3 is 5.97 Å². The summed E-state index contributed by atoms with van der Waals surface area (Å²) in [6.45, 7) is 3.17. The third kappa shape index (κ3) is 3.64. The number of halogens is 1. The van der Waals surface area contributed by atoms with Crippen LogP contribution in [0.25, 0.3) is 0 Å². The molecule has 0 amide bonds. The molecule has 0 spiro atoms. The molecule has 0 aromatic heterocycles. The van der Waals surface area contributed by atoms with E-state index < -0.39 is 11.3 Å². The normalized spacial score (nSPS) is 11.1. The number of aliphatic carboxylic acids is 1. The summed E-state index contributed by atoms with van der Waals surface area (Å²) in [7, 11) is 0. The molecule has 8 heavy (non-hydrogen) atoms. The van der Waals surface area contributed by atoms with Crippen molar-refractivity contribution in [2.45, 2.75) is 5.38 Å². The van der Waals surface area contributed by atoms with E-state index >= 15 is 0 Å². The smallest absolute Gasteiger partial charge is 0.325 e. The zero-order chi connectivity index (χ0) is 5.86. The Labute approximate surface area is 52.5 Å². The third-order valence-electron chi connectivity index (χ3n) is 0.443. The molecule has 4 heteroatoms. The van der Waals surface area contributed by atoms with Crippen LogP contribution >= 0.6 is 11.6 Å². The highest BCUT2D eigenvalue weighted by Crippen LogP contribution is 1.93. The summed E-state index contributed by atoms with van der Waals surface area (Å²) in [5.74, 6) is -1.06. The van der Waals surface area contributed by atoms with Gasteiger partial charge in [0.2, 0.25) is 0 Å². The second kappa shape index (κ2) is 4.61. The van der Waals surface area contributed by atoms with E-state index in [4.69, 9.17) is 16.7 Å². The predicted molar refractivity (Wildman–Crippen MR) is 32.5 cm³/mol. The predicted octanol–water partition coefficient (Wildman–Crippen LogP) is 1.03. The van der Waals surface area contributed by atoms with Crippen LogP contribution in [0.1, 0.15) is 0 Å². The molecule has 1 unspecified atom stereocenters. The number of alkyl halides is 1. The van der Waals surface area contributed by atoms with Gasteiger partial charge in [-0.05, 0) is 0 Å². The van der Waals surface area contributed by atoms with Crippen molar-refractivity contribution in [1.29, 1.82) is 0 Å². The van der Waals surface area contributed by atoms with Gasteiger partial charge in [-0.1, -0.05) is 6.08 Å². The largest absolute Gasteiger partial charge is 0.480 e. The topological polar surface area (TPSA) is 72.3 Å². The van der Waals surface area contributed by atoms with Gasteiger partial charge in [-0.25, -0.2) is 0 Å². The molecule has 0 fully saturated rings. The fourth-order valence-electron chi connectivity index (χ4n) is 0.101. The maximum atomic E-state index is 9.73. The Balaban J connectivity index is 0. The third-order valence-corrected chi connectivity index (χ3v) is 0.808. The van der Waals surface area contributed by atoms with Crippen molar-refractivity contribution in [2.75, 3.05) is 0 Å². The van der Waals surface area contributed by atoms with Crippen LogP contribution in [0.3, 0.4) is 0 Å². The Kier molecular flexibility index (Phi) is 6.02. The van der Waals surface area contributed by atoms with E-state index in [1.165, 1.54) is 0 Å². The van der Waals surface area contributed by atoms with Gasteiger partial charge in [0, 0.05) is 0 Å². The van der Waals surface area contributed by atoms with Crippen LogP contribution in [-0.4, -0.2) is 16.5 Å². The van der Waals surface area contributed by atoms with E-state index in [2.05, 4.69) is 6.58 Å². The fraction of sp³-hybridized carbons (Fsp3) is 0.250. The first-order chi connectivity index (χ1) is 3.18. The summed E-state index contributed by atoms with van der Waals surface area (Å²) < 4.78 is 0. The second-order valence-corrected chi connectivity index (χ2v) is 1.45. The molecule has 0 aromatic rings. The Morgan fingerprint density at radius 1 is 1.88 bits per heavy atom. The highest BCUT2D eigenvalue weighted by Gasteiger charge is 2.05. The van der Waals surface area contributed by atoms with Gasteiger partial charge in [0.25, 0.3) is 0 Å². The van der Waals surface area contributed by atoms with E-state index in [1.807, 2.05) is 0 Å². The molecular weight excluding hydrogens is 130 g/mol. The van der Waals surface area contributed by atoms with E-state index in [-0.39, 0.29) is 6.15 Å². The lowest BCUT2D eigenvalue weighted by molar-refractivity contribution is -0.135. The van der Waals surface area contributed by atoms with Crippen molar-refractivity contribution < 1.29 is 9.90 Å². The highest BCUT2D eigenvalue weighted by molar-refractivity contribution is 6.30. The van der Waals surface area contributed by atoms with Crippen molar-refractivity contribution in [3.8, 4) is 0 Å². The van der Waals surface area contributed by atoms with Crippen LogP contribution < -0.4 is 6.15 Å². The molecule has 0 aliphatic rings. The molecule has 48 valence electrons. The molecule has 0 heterocycles. The number of rotatable bonds is 2. The van der Waals surface area contributed by atoms with Gasteiger partial charge < -0.3 is 11.3 Å². The second-order valence-electron chi connectivity index (χ2n) is 0.976. The highest BCUT2D eigenvalue weighted by atomic mass is 35.5. The minimum absolute atomic E-state index is 0. The zero-order valence-electron chi connectivity index (χ0n) is 4.30. The lowest BCUT2D eigenvalue weighted by Gasteiger charge is -1.89. The molecule has 4 N–H and O–H groups in total. The molecule has 0 aromatic carbocycles. The SMILES string of the molecule is C=CC(Cl)C(=O)O.N. The minimum Gasteiger partial charge on any atom is -0.480 e. The summed E-state index contributed by atoms with van der Waals surface area (Å²) >= 11 is 5.08. The average Bonchev–Trinajstić information content (AvgIpc) is 1.65. The number of hydrogen-bond acceptors (Lipinski definition) is 2. The van der Waals surface area contributed by atoms with Crippen molar-refractivity contribution in [3.05, 3.63) is 12.7 Å². The molecule has 0 bridgehead atoms. The number of carboxylic acid groups (broad SMARTS) is 1. The molecule has 0 saturated carbocycles. The van der Waals surface area contributed by atoms with E-state index in [9.17, 15) is 4.79 Å². The lowest BCUT2D eigenvalue weighted by Crippen LogP contribution is -2.08. The van der Waals surface area contributed by atoms with Crippen molar-refractivity contribution in [3.63, 3.8) is 0 Å². The Morgan fingerprint density at radius 2 is 2.25 bits per heavy atom. The summed E-state index contributed by atoms with van der Waals surface area (Å²) in [6, 6.07) is 0. The molecular formula is C4H8ClNO2. The van der Waals surface area contributed by atoms with E-state index in [1.54, 1.807) is 0 Å². The lowest BCUT2D eigenvalue weighted by atomic mass is 10.4. The number of carboxylic acids is 1. The van der Waals surface area contributed by atoms with E-state index in [0.717, 1.165) is 6.08 Å². The average molecular weight is 138 g/mol. The molecule has 0 aliphatic carbocycles. The first-order valence-electron chi connectivity index (χ1n) is 1.68. The quantitative estimate of drug-likeness (QED) is 0.441. The zero-order valence-corrected chi connectivity index (χ0v) is 5.06. The molecule has 0 rings (SSSR count). The minimum atomic E-state index is -1.06. The van der Waals surface area contributed by atoms with Crippen LogP contribution in [-0.2, 0) is 4.79 Å². The van der Waals surface area contributed by atoms with Gasteiger partial charge in [-0.3, -0.25) is 4.79 Å². The van der Waals surface area contributed by atoms with Crippen molar-refractivity contribution in [1.82, 2.24) is 6.15 Å². The monoisotopic (exact) mass is 137 g/mol. The van der Waals surface area contributed by atoms with Gasteiger partial charge in [0.1, 0.15) is 5.38 Å². The maximum absolute atomic E-state index is 9.73. The Morgan fingerprint density at radius 3 is 2.25 bits per heavy atom. The summed E-state index contributed by atoms with van der Waals surface area (Å²) in [4.78, 5) is 9.73. The van der Waals surface area contributed by atoms with Crippen LogP contribution in [0, 0.1) is 0 Å². The van der Waals surface area contributed by atoms with Gasteiger partial charge in [0.05, 0.1) is 0 Å². The first-order valence-corrected chi connectivity index (χ1v) is 2.11. The van der Waals surface area contributed by atoms with Gasteiger partial charge in [-0.2, -0.15) is 0 Å². The molecule has 0 radical (unpaired) electrons. The number of hydrogen-bond donors (Lipinski definition) is 2. The van der Waals surface area contributed by atoms with Crippen molar-refractivity contribution in [2.24, 2.45) is 0 Å². The Bertz CT molecular complexity index is 94.0. The maximum Gasteiger partial charge on any atom is 0.325 e. The molecule has 0 aliphatic heterocycles. The van der Waals surface area contributed by atoms with Crippen LogP contribution in [0.4, 0.5) is 0 Å². The van der Waals surface area contributed by atoms with Crippen LogP contribution in [0.2, 0.25) is 0 Å². The van der Waals surface area contributed by atoms with Crippen molar-refractivity contribution >= 4 is 17.6 Å². The first kappa shape index (κ1) is 10.4. The van der Waals surface area contributed by atoms with Gasteiger partial charge in [-0.15, -0.1) is 18.2 Å².